The lowest BCUT2D eigenvalue weighted by Gasteiger charge is -2.24. The molecule has 2 amide bonds. The molecular formula is C26H34N8O2. The number of aromatic nitrogens is 5. The number of nitrogen functional groups attached to an aromatic ring is 1. The van der Waals surface area contributed by atoms with Gasteiger partial charge in [-0.25, -0.2) is 19.7 Å². The number of hydrogen-bond donors (Lipinski definition) is 2. The molecule has 0 aliphatic carbocycles. The van der Waals surface area contributed by atoms with Crippen LogP contribution in [-0.2, 0) is 12.0 Å². The molecule has 190 valence electrons. The maximum atomic E-state index is 12.6. The number of nitrogens with zero attached hydrogens (tertiary/aromatic N) is 6. The van der Waals surface area contributed by atoms with Crippen molar-refractivity contribution in [3.63, 3.8) is 0 Å². The summed E-state index contributed by atoms with van der Waals surface area (Å²) in [4.78, 5) is 27.6. The lowest BCUT2D eigenvalue weighted by molar-refractivity contribution is 0.203. The number of aryl methyl sites for hydroxylation is 3. The van der Waals surface area contributed by atoms with Gasteiger partial charge in [0.05, 0.1) is 5.69 Å². The maximum Gasteiger partial charge on any atom is 0.317 e. The molecule has 1 spiro atoms. The number of fused-ring (bicyclic) bond motifs is 2. The van der Waals surface area contributed by atoms with Crippen molar-refractivity contribution in [1.82, 2.24) is 34.9 Å². The highest BCUT2D eigenvalue weighted by atomic mass is 16.5. The number of nitrogens with two attached hydrogens (primary N) is 1. The van der Waals surface area contributed by atoms with Crippen molar-refractivity contribution in [1.29, 1.82) is 0 Å². The molecule has 0 radical (unpaired) electrons. The summed E-state index contributed by atoms with van der Waals surface area (Å²) in [6, 6.07) is 4.16. The molecule has 2 aliphatic rings. The van der Waals surface area contributed by atoms with E-state index in [0.717, 1.165) is 54.3 Å². The van der Waals surface area contributed by atoms with E-state index in [0.29, 0.717) is 18.1 Å². The lowest BCUT2D eigenvalue weighted by atomic mass is 9.82. The monoisotopic (exact) mass is 490 g/mol. The highest BCUT2D eigenvalue weighted by Crippen LogP contribution is 2.44. The van der Waals surface area contributed by atoms with Crippen LogP contribution in [0.4, 0.5) is 10.6 Å². The second kappa shape index (κ2) is 9.07. The van der Waals surface area contributed by atoms with Gasteiger partial charge in [0.25, 0.3) is 0 Å². The summed E-state index contributed by atoms with van der Waals surface area (Å²) in [6.07, 6.45) is 5.16. The Bertz CT molecular complexity index is 1300. The number of carbonyl (C=O) groups is 1. The first-order chi connectivity index (χ1) is 17.1. The van der Waals surface area contributed by atoms with Gasteiger partial charge in [-0.15, -0.1) is 0 Å². The van der Waals surface area contributed by atoms with Crippen LogP contribution in [0.1, 0.15) is 62.5 Å². The molecule has 0 aromatic carbocycles. The highest BCUT2D eigenvalue weighted by Gasteiger charge is 2.47. The summed E-state index contributed by atoms with van der Waals surface area (Å²) >= 11 is 0. The van der Waals surface area contributed by atoms with E-state index in [2.05, 4.69) is 31.0 Å². The van der Waals surface area contributed by atoms with Gasteiger partial charge in [-0.1, -0.05) is 0 Å². The first-order valence-electron chi connectivity index (χ1n) is 12.5. The summed E-state index contributed by atoms with van der Waals surface area (Å²) in [7, 11) is 0. The quantitative estimate of drug-likeness (QED) is 0.560. The van der Waals surface area contributed by atoms with Gasteiger partial charge in [-0.3, -0.25) is 4.68 Å². The zero-order chi connectivity index (χ0) is 25.6. The number of amides is 2. The molecule has 5 rings (SSSR count). The molecular weight excluding hydrogens is 456 g/mol. The van der Waals surface area contributed by atoms with Crippen molar-refractivity contribution in [3.8, 4) is 17.0 Å². The van der Waals surface area contributed by atoms with Gasteiger partial charge < -0.3 is 20.7 Å². The van der Waals surface area contributed by atoms with Crippen molar-refractivity contribution in [2.45, 2.75) is 71.6 Å². The molecule has 2 atom stereocenters. The number of rotatable bonds is 5. The zero-order valence-corrected chi connectivity index (χ0v) is 21.6. The second-order valence-electron chi connectivity index (χ2n) is 10.3. The molecule has 1 unspecified atom stereocenters. The van der Waals surface area contributed by atoms with Gasteiger partial charge in [-0.05, 0) is 59.6 Å². The Hall–Kier alpha value is -3.69. The number of likely N-dealkylation sites (tertiary alicyclic amines) is 1. The number of hydrogen-bond acceptors (Lipinski definition) is 7. The molecule has 5 heterocycles. The third-order valence-corrected chi connectivity index (χ3v) is 7.24. The lowest BCUT2D eigenvalue weighted by Crippen LogP contribution is -2.43. The second-order valence-corrected chi connectivity index (χ2v) is 10.3. The van der Waals surface area contributed by atoms with Gasteiger partial charge >= 0.3 is 6.03 Å². The van der Waals surface area contributed by atoms with Crippen LogP contribution in [-0.4, -0.2) is 54.8 Å². The first-order valence-corrected chi connectivity index (χ1v) is 12.5. The van der Waals surface area contributed by atoms with Crippen LogP contribution in [0.15, 0.2) is 24.5 Å². The third-order valence-electron chi connectivity index (χ3n) is 7.24. The molecule has 1 fully saturated rings. The van der Waals surface area contributed by atoms with E-state index in [1.807, 2.05) is 45.6 Å². The normalized spacial score (nSPS) is 19.7. The fourth-order valence-electron chi connectivity index (χ4n) is 5.34. The summed E-state index contributed by atoms with van der Waals surface area (Å²) in [5.41, 5.74) is 10.7. The van der Waals surface area contributed by atoms with Crippen molar-refractivity contribution >= 4 is 11.8 Å². The number of carbonyl (C=O) groups excluding carboxylic acids is 1. The van der Waals surface area contributed by atoms with Crippen LogP contribution in [0.5, 0.6) is 5.75 Å². The molecule has 0 saturated carbocycles. The summed E-state index contributed by atoms with van der Waals surface area (Å²) in [5, 5.41) is 7.89. The van der Waals surface area contributed by atoms with E-state index in [-0.39, 0.29) is 23.6 Å². The Morgan fingerprint density at radius 3 is 2.67 bits per heavy atom. The summed E-state index contributed by atoms with van der Waals surface area (Å²) in [6.45, 7) is 12.0. The molecule has 10 heteroatoms. The fourth-order valence-corrected chi connectivity index (χ4v) is 5.34. The molecule has 2 aliphatic heterocycles. The molecule has 3 N–H and O–H groups in total. The van der Waals surface area contributed by atoms with Crippen LogP contribution < -0.4 is 15.8 Å². The smallest absolute Gasteiger partial charge is 0.317 e. The number of urea groups is 1. The highest BCUT2D eigenvalue weighted by molar-refractivity contribution is 5.75. The first kappa shape index (κ1) is 24.0. The van der Waals surface area contributed by atoms with E-state index < -0.39 is 0 Å². The van der Waals surface area contributed by atoms with Crippen LogP contribution in [0.2, 0.25) is 0 Å². The number of pyridine rings is 1. The van der Waals surface area contributed by atoms with E-state index in [1.54, 1.807) is 12.4 Å². The van der Waals surface area contributed by atoms with Crippen LogP contribution in [0.25, 0.3) is 11.3 Å². The van der Waals surface area contributed by atoms with Crippen LogP contribution >= 0.6 is 0 Å². The average molecular weight is 491 g/mol. The summed E-state index contributed by atoms with van der Waals surface area (Å²) < 4.78 is 8.28. The molecule has 1 saturated heterocycles. The van der Waals surface area contributed by atoms with E-state index >= 15 is 0 Å². The maximum absolute atomic E-state index is 12.6. The Kier molecular flexibility index (Phi) is 6.05. The topological polar surface area (TPSA) is 124 Å². The Morgan fingerprint density at radius 1 is 1.14 bits per heavy atom. The average Bonchev–Trinajstić information content (AvgIpc) is 3.52. The van der Waals surface area contributed by atoms with E-state index in [9.17, 15) is 4.79 Å². The minimum absolute atomic E-state index is 0.00734. The number of ether oxygens (including phenoxy) is 1. The van der Waals surface area contributed by atoms with E-state index in [4.69, 9.17) is 15.6 Å². The standard InChI is InChI=1S/C26H34N8O2/c1-15(2)30-25(35)33-8-6-26(14-33)7-9-34-23(26)11-21(32-34)19-10-22(24(27)29-12-19)36-17(4)20-13-28-18(5)31-16(20)3/h10-13,15,17H,6-9,14H2,1-5H3,(H2,27,29)(H,30,35)/t17?,26-/m1/s1. The SMILES string of the molecule is Cc1ncc(C(C)Oc2cc(-c3cc4n(n3)CC[C@@]43CCN(C(=O)NC(C)C)C3)cnc2N)c(C)n1. The Balaban J connectivity index is 1.37. The van der Waals surface area contributed by atoms with Gasteiger partial charge in [0, 0.05) is 66.0 Å². The third kappa shape index (κ3) is 4.36. The molecule has 36 heavy (non-hydrogen) atoms. The molecule has 3 aromatic heterocycles. The van der Waals surface area contributed by atoms with Crippen LogP contribution in [0, 0.1) is 13.8 Å². The molecule has 10 nitrogen and oxygen atoms in total. The largest absolute Gasteiger partial charge is 0.482 e. The van der Waals surface area contributed by atoms with Gasteiger partial charge in [0.2, 0.25) is 0 Å². The Labute approximate surface area is 211 Å². The molecule has 3 aromatic rings. The van der Waals surface area contributed by atoms with Crippen LogP contribution in [0.3, 0.4) is 0 Å². The minimum Gasteiger partial charge on any atom is -0.482 e. The zero-order valence-electron chi connectivity index (χ0n) is 21.6. The number of nitrogens with one attached hydrogen (secondary N) is 1. The van der Waals surface area contributed by atoms with Gasteiger partial charge in [-0.2, -0.15) is 5.10 Å². The summed E-state index contributed by atoms with van der Waals surface area (Å²) in [5.74, 6) is 1.55. The van der Waals surface area contributed by atoms with Gasteiger partial charge in [0.1, 0.15) is 11.9 Å². The van der Waals surface area contributed by atoms with Crippen molar-refractivity contribution in [2.75, 3.05) is 18.8 Å². The fraction of sp³-hybridized carbons (Fsp3) is 0.500. The number of anilines is 1. The van der Waals surface area contributed by atoms with Crippen molar-refractivity contribution in [2.24, 2.45) is 0 Å². The van der Waals surface area contributed by atoms with Crippen molar-refractivity contribution < 1.29 is 9.53 Å². The minimum atomic E-state index is -0.290. The molecule has 0 bridgehead atoms. The Morgan fingerprint density at radius 2 is 1.92 bits per heavy atom. The van der Waals surface area contributed by atoms with Crippen molar-refractivity contribution in [3.05, 3.63) is 47.3 Å². The van der Waals surface area contributed by atoms with Gasteiger partial charge in [0.15, 0.2) is 11.6 Å². The predicted molar refractivity (Wildman–Crippen MR) is 137 cm³/mol. The predicted octanol–water partition coefficient (Wildman–Crippen LogP) is 3.54. The van der Waals surface area contributed by atoms with E-state index in [1.165, 1.54) is 5.69 Å².